The van der Waals surface area contributed by atoms with Crippen molar-refractivity contribution in [1.82, 2.24) is 5.32 Å². The summed E-state index contributed by atoms with van der Waals surface area (Å²) < 4.78 is 41.8. The smallest absolute Gasteiger partial charge is 0.401 e. The van der Waals surface area contributed by atoms with Gasteiger partial charge in [0.15, 0.2) is 0 Å². The van der Waals surface area contributed by atoms with Gasteiger partial charge in [0.05, 0.1) is 13.2 Å². The molecule has 0 radical (unpaired) electrons. The van der Waals surface area contributed by atoms with Gasteiger partial charge in [0.25, 0.3) is 0 Å². The van der Waals surface area contributed by atoms with Crippen molar-refractivity contribution < 1.29 is 22.7 Å². The molecular formula is C12H20F3NO2. The van der Waals surface area contributed by atoms with Crippen LogP contribution in [-0.4, -0.2) is 30.8 Å². The van der Waals surface area contributed by atoms with E-state index in [9.17, 15) is 18.0 Å². The molecule has 1 aliphatic rings. The standard InChI is InChI=1S/C12H20F3NO2/c1-4-18-9(17)11(16-8-12(13,14)15)6-5-10(2,3)7-11/h16H,4-8H2,1-3H3. The fraction of sp³-hybridized carbons (Fsp3) is 0.917. The lowest BCUT2D eigenvalue weighted by molar-refractivity contribution is -0.156. The first-order chi connectivity index (χ1) is 8.10. The molecule has 0 aromatic rings. The van der Waals surface area contributed by atoms with Crippen LogP contribution in [0.4, 0.5) is 13.2 Å². The summed E-state index contributed by atoms with van der Waals surface area (Å²) in [4.78, 5) is 11.9. The first-order valence-corrected chi connectivity index (χ1v) is 6.09. The number of halogens is 3. The van der Waals surface area contributed by atoms with Crippen molar-refractivity contribution in [3.63, 3.8) is 0 Å². The normalized spacial score (nSPS) is 27.2. The maximum Gasteiger partial charge on any atom is 0.401 e. The maximum absolute atomic E-state index is 12.3. The quantitative estimate of drug-likeness (QED) is 0.796. The lowest BCUT2D eigenvalue weighted by Crippen LogP contribution is -2.54. The Labute approximate surface area is 105 Å². The molecule has 3 nitrogen and oxygen atoms in total. The van der Waals surface area contributed by atoms with E-state index in [0.717, 1.165) is 0 Å². The number of carbonyl (C=O) groups is 1. The van der Waals surface area contributed by atoms with Gasteiger partial charge in [0.2, 0.25) is 0 Å². The van der Waals surface area contributed by atoms with Crippen LogP contribution in [0.15, 0.2) is 0 Å². The van der Waals surface area contributed by atoms with E-state index in [4.69, 9.17) is 4.74 Å². The predicted octanol–water partition coefficient (Wildman–Crippen LogP) is 2.65. The Balaban J connectivity index is 2.80. The van der Waals surface area contributed by atoms with E-state index >= 15 is 0 Å². The summed E-state index contributed by atoms with van der Waals surface area (Å²) in [7, 11) is 0. The molecule has 1 aliphatic carbocycles. The zero-order chi connectivity index (χ0) is 14.0. The predicted molar refractivity (Wildman–Crippen MR) is 61.1 cm³/mol. The van der Waals surface area contributed by atoms with Crippen LogP contribution in [0.1, 0.15) is 40.0 Å². The van der Waals surface area contributed by atoms with E-state index in [0.29, 0.717) is 19.3 Å². The van der Waals surface area contributed by atoms with Crippen LogP contribution in [-0.2, 0) is 9.53 Å². The molecule has 0 heterocycles. The van der Waals surface area contributed by atoms with Crippen LogP contribution in [0.5, 0.6) is 0 Å². The number of nitrogens with one attached hydrogen (secondary N) is 1. The third kappa shape index (κ3) is 3.86. The molecule has 0 amide bonds. The molecule has 18 heavy (non-hydrogen) atoms. The molecular weight excluding hydrogens is 247 g/mol. The topological polar surface area (TPSA) is 38.3 Å². The lowest BCUT2D eigenvalue weighted by atomic mass is 9.87. The maximum atomic E-state index is 12.3. The highest BCUT2D eigenvalue weighted by Crippen LogP contribution is 2.44. The number of ether oxygens (including phenoxy) is 1. The van der Waals surface area contributed by atoms with Gasteiger partial charge >= 0.3 is 12.1 Å². The third-order valence-electron chi connectivity index (χ3n) is 3.30. The molecule has 6 heteroatoms. The summed E-state index contributed by atoms with van der Waals surface area (Å²) in [6.07, 6.45) is -2.87. The minimum atomic E-state index is -4.33. The number of hydrogen-bond donors (Lipinski definition) is 1. The molecule has 0 aliphatic heterocycles. The fourth-order valence-corrected chi connectivity index (χ4v) is 2.48. The highest BCUT2D eigenvalue weighted by atomic mass is 19.4. The van der Waals surface area contributed by atoms with Crippen molar-refractivity contribution in [2.75, 3.05) is 13.2 Å². The zero-order valence-corrected chi connectivity index (χ0v) is 11.0. The van der Waals surface area contributed by atoms with Crippen molar-refractivity contribution in [2.45, 2.75) is 51.7 Å². The van der Waals surface area contributed by atoms with Gasteiger partial charge in [-0.3, -0.25) is 10.1 Å². The van der Waals surface area contributed by atoms with Gasteiger partial charge < -0.3 is 4.74 Å². The van der Waals surface area contributed by atoms with Crippen LogP contribution in [0.2, 0.25) is 0 Å². The van der Waals surface area contributed by atoms with Gasteiger partial charge in [-0.2, -0.15) is 13.2 Å². The Bertz CT molecular complexity index is 315. The van der Waals surface area contributed by atoms with Gasteiger partial charge in [0.1, 0.15) is 5.54 Å². The first kappa shape index (κ1) is 15.3. The van der Waals surface area contributed by atoms with Crippen LogP contribution in [0.25, 0.3) is 0 Å². The summed E-state index contributed by atoms with van der Waals surface area (Å²) in [6, 6.07) is 0. The molecule has 1 unspecified atom stereocenters. The highest BCUT2D eigenvalue weighted by molar-refractivity contribution is 5.81. The number of esters is 1. The Morgan fingerprint density at radius 3 is 2.33 bits per heavy atom. The van der Waals surface area contributed by atoms with Crippen LogP contribution in [0.3, 0.4) is 0 Å². The van der Waals surface area contributed by atoms with Gasteiger partial charge in [-0.1, -0.05) is 13.8 Å². The fourth-order valence-electron chi connectivity index (χ4n) is 2.48. The summed E-state index contributed by atoms with van der Waals surface area (Å²) in [6.45, 7) is 4.55. The molecule has 1 saturated carbocycles. The summed E-state index contributed by atoms with van der Waals surface area (Å²) >= 11 is 0. The largest absolute Gasteiger partial charge is 0.465 e. The minimum Gasteiger partial charge on any atom is -0.465 e. The number of carbonyl (C=O) groups excluding carboxylic acids is 1. The van der Waals surface area contributed by atoms with Crippen molar-refractivity contribution in [2.24, 2.45) is 5.41 Å². The zero-order valence-electron chi connectivity index (χ0n) is 11.0. The second kappa shape index (κ2) is 5.07. The third-order valence-corrected chi connectivity index (χ3v) is 3.30. The number of hydrogen-bond acceptors (Lipinski definition) is 3. The van der Waals surface area contributed by atoms with Gasteiger partial charge in [-0.15, -0.1) is 0 Å². The molecule has 0 saturated heterocycles. The molecule has 1 atom stereocenters. The van der Waals surface area contributed by atoms with Crippen molar-refractivity contribution in [3.05, 3.63) is 0 Å². The van der Waals surface area contributed by atoms with E-state index in [1.54, 1.807) is 6.92 Å². The van der Waals surface area contributed by atoms with Crippen molar-refractivity contribution >= 4 is 5.97 Å². The van der Waals surface area contributed by atoms with E-state index < -0.39 is 24.2 Å². The van der Waals surface area contributed by atoms with Crippen molar-refractivity contribution in [3.8, 4) is 0 Å². The average molecular weight is 267 g/mol. The number of alkyl halides is 3. The molecule has 0 spiro atoms. The lowest BCUT2D eigenvalue weighted by Gasteiger charge is -2.30. The Hall–Kier alpha value is -0.780. The second-order valence-electron chi connectivity index (χ2n) is 5.61. The van der Waals surface area contributed by atoms with Crippen molar-refractivity contribution in [1.29, 1.82) is 0 Å². The molecule has 0 aromatic heterocycles. The highest BCUT2D eigenvalue weighted by Gasteiger charge is 2.50. The minimum absolute atomic E-state index is 0.147. The molecule has 1 N–H and O–H groups in total. The second-order valence-corrected chi connectivity index (χ2v) is 5.61. The summed E-state index contributed by atoms with van der Waals surface area (Å²) in [5, 5.41) is 2.38. The van der Waals surface area contributed by atoms with Crippen LogP contribution in [0, 0.1) is 5.41 Å². The summed E-state index contributed by atoms with van der Waals surface area (Å²) in [5.41, 5.74) is -1.33. The van der Waals surface area contributed by atoms with Gasteiger partial charge in [-0.05, 0) is 31.6 Å². The van der Waals surface area contributed by atoms with Crippen LogP contribution < -0.4 is 5.32 Å². The Morgan fingerprint density at radius 2 is 1.94 bits per heavy atom. The van der Waals surface area contributed by atoms with Gasteiger partial charge in [0, 0.05) is 0 Å². The molecule has 1 fully saturated rings. The SMILES string of the molecule is CCOC(=O)C1(NCC(F)(F)F)CCC(C)(C)C1. The summed E-state index contributed by atoms with van der Waals surface area (Å²) in [5.74, 6) is -0.570. The molecule has 0 bridgehead atoms. The Kier molecular flexibility index (Phi) is 4.30. The van der Waals surface area contributed by atoms with E-state index in [-0.39, 0.29) is 12.0 Å². The van der Waals surface area contributed by atoms with E-state index in [2.05, 4.69) is 5.32 Å². The molecule has 1 rings (SSSR count). The van der Waals surface area contributed by atoms with E-state index in [1.165, 1.54) is 0 Å². The molecule has 0 aromatic carbocycles. The Morgan fingerprint density at radius 1 is 1.33 bits per heavy atom. The first-order valence-electron chi connectivity index (χ1n) is 6.09. The number of rotatable bonds is 4. The average Bonchev–Trinajstić information content (AvgIpc) is 2.52. The molecule has 106 valence electrons. The van der Waals surface area contributed by atoms with Crippen LogP contribution >= 0.6 is 0 Å². The van der Waals surface area contributed by atoms with E-state index in [1.807, 2.05) is 13.8 Å². The van der Waals surface area contributed by atoms with Gasteiger partial charge in [-0.25, -0.2) is 0 Å². The monoisotopic (exact) mass is 267 g/mol.